The fraction of sp³-hybridized carbons (Fsp3) is 0.111. The van der Waals surface area contributed by atoms with Crippen molar-refractivity contribution in [3.8, 4) is 0 Å². The number of nitrogens with zero attached hydrogens (tertiary/aromatic N) is 2. The summed E-state index contributed by atoms with van der Waals surface area (Å²) in [6.45, 7) is 0.443. The molecule has 6 nitrogen and oxygen atoms in total. The minimum atomic E-state index is -0.384. The summed E-state index contributed by atoms with van der Waals surface area (Å²) < 4.78 is 0. The number of pyridine rings is 1. The van der Waals surface area contributed by atoms with Crippen LogP contribution in [0.2, 0.25) is 10.0 Å². The van der Waals surface area contributed by atoms with E-state index in [9.17, 15) is 9.59 Å². The average molecular weight is 421 g/mol. The monoisotopic (exact) mass is 420 g/mol. The number of halogens is 2. The van der Waals surface area contributed by atoms with Gasteiger partial charge in [-0.1, -0.05) is 29.3 Å². The van der Waals surface area contributed by atoms with Gasteiger partial charge in [-0.2, -0.15) is 0 Å². The van der Waals surface area contributed by atoms with Crippen LogP contribution < -0.4 is 10.6 Å². The fourth-order valence-corrected chi connectivity index (χ4v) is 3.17. The first kappa shape index (κ1) is 19.3. The summed E-state index contributed by atoms with van der Waals surface area (Å²) in [6, 6.07) is 10.2. The standard InChI is InChI=1S/C18H14Cl2N4O2S/c19-13-5-4-11(9-14(13)20)16(25)24-18-23-15(10-27-18)17(26)22-8-6-12-3-1-2-7-21-12/h1-5,7,9-10H,6,8H2,(H,22,26)(H,23,24,25). The van der Waals surface area contributed by atoms with Crippen molar-refractivity contribution < 1.29 is 9.59 Å². The quantitative estimate of drug-likeness (QED) is 0.629. The van der Waals surface area contributed by atoms with Crippen LogP contribution in [-0.4, -0.2) is 28.3 Å². The Labute approximate surface area is 169 Å². The zero-order valence-electron chi connectivity index (χ0n) is 13.9. The number of aromatic nitrogens is 2. The van der Waals surface area contributed by atoms with Crippen LogP contribution in [0.25, 0.3) is 0 Å². The molecule has 2 amide bonds. The molecule has 2 N–H and O–H groups in total. The number of anilines is 1. The number of carbonyl (C=O) groups excluding carboxylic acids is 2. The second kappa shape index (κ2) is 8.94. The highest BCUT2D eigenvalue weighted by Crippen LogP contribution is 2.23. The van der Waals surface area contributed by atoms with E-state index < -0.39 is 0 Å². The molecule has 2 aromatic heterocycles. The topological polar surface area (TPSA) is 84.0 Å². The minimum absolute atomic E-state index is 0.241. The lowest BCUT2D eigenvalue weighted by molar-refractivity contribution is 0.0948. The van der Waals surface area contributed by atoms with Gasteiger partial charge in [0.05, 0.1) is 10.0 Å². The number of rotatable bonds is 6. The molecule has 1 aromatic carbocycles. The van der Waals surface area contributed by atoms with E-state index in [1.165, 1.54) is 6.07 Å². The summed E-state index contributed by atoms with van der Waals surface area (Å²) in [4.78, 5) is 32.7. The van der Waals surface area contributed by atoms with Gasteiger partial charge in [-0.05, 0) is 30.3 Å². The van der Waals surface area contributed by atoms with Gasteiger partial charge in [-0.15, -0.1) is 11.3 Å². The predicted octanol–water partition coefficient (Wildman–Crippen LogP) is 4.07. The van der Waals surface area contributed by atoms with Crippen LogP contribution in [0.3, 0.4) is 0 Å². The lowest BCUT2D eigenvalue weighted by atomic mass is 10.2. The Morgan fingerprint density at radius 2 is 1.93 bits per heavy atom. The molecular formula is C18H14Cl2N4O2S. The second-order valence-corrected chi connectivity index (χ2v) is 7.12. The first-order chi connectivity index (χ1) is 13.0. The third-order valence-corrected chi connectivity index (χ3v) is 5.03. The van der Waals surface area contributed by atoms with Gasteiger partial charge in [-0.3, -0.25) is 19.9 Å². The van der Waals surface area contributed by atoms with Crippen LogP contribution in [0.5, 0.6) is 0 Å². The fourth-order valence-electron chi connectivity index (χ4n) is 2.18. The molecule has 27 heavy (non-hydrogen) atoms. The van der Waals surface area contributed by atoms with Gasteiger partial charge < -0.3 is 5.32 Å². The van der Waals surface area contributed by atoms with Gasteiger partial charge in [0, 0.05) is 35.8 Å². The van der Waals surface area contributed by atoms with Gasteiger partial charge in [0.15, 0.2) is 5.13 Å². The third kappa shape index (κ3) is 5.26. The van der Waals surface area contributed by atoms with Crippen molar-refractivity contribution in [1.29, 1.82) is 0 Å². The van der Waals surface area contributed by atoms with E-state index in [4.69, 9.17) is 23.2 Å². The maximum Gasteiger partial charge on any atom is 0.270 e. The number of nitrogens with one attached hydrogen (secondary N) is 2. The zero-order valence-corrected chi connectivity index (χ0v) is 16.2. The van der Waals surface area contributed by atoms with Gasteiger partial charge in [0.2, 0.25) is 0 Å². The first-order valence-corrected chi connectivity index (χ1v) is 9.56. The number of carbonyl (C=O) groups is 2. The molecule has 0 atom stereocenters. The molecule has 3 rings (SSSR count). The number of hydrogen-bond donors (Lipinski definition) is 2. The molecule has 0 radical (unpaired) electrons. The van der Waals surface area contributed by atoms with E-state index >= 15 is 0 Å². The van der Waals surface area contributed by atoms with Crippen molar-refractivity contribution in [2.24, 2.45) is 0 Å². The molecule has 0 saturated carbocycles. The molecular weight excluding hydrogens is 407 g/mol. The van der Waals surface area contributed by atoms with Crippen LogP contribution in [0, 0.1) is 0 Å². The molecule has 0 aliphatic carbocycles. The zero-order chi connectivity index (χ0) is 19.2. The van der Waals surface area contributed by atoms with Gasteiger partial charge >= 0.3 is 0 Å². The molecule has 0 unspecified atom stereocenters. The molecule has 9 heteroatoms. The average Bonchev–Trinajstić information content (AvgIpc) is 3.13. The van der Waals surface area contributed by atoms with E-state index in [-0.39, 0.29) is 22.5 Å². The van der Waals surface area contributed by atoms with E-state index in [0.717, 1.165) is 17.0 Å². The molecule has 0 saturated heterocycles. The van der Waals surface area contributed by atoms with E-state index in [1.54, 1.807) is 23.7 Å². The number of benzene rings is 1. The van der Waals surface area contributed by atoms with Crippen molar-refractivity contribution in [2.45, 2.75) is 6.42 Å². The Morgan fingerprint density at radius 3 is 2.67 bits per heavy atom. The number of hydrogen-bond acceptors (Lipinski definition) is 5. The summed E-state index contributed by atoms with van der Waals surface area (Å²) in [6.07, 6.45) is 2.33. The molecule has 138 valence electrons. The summed E-state index contributed by atoms with van der Waals surface area (Å²) in [7, 11) is 0. The Morgan fingerprint density at radius 1 is 1.07 bits per heavy atom. The SMILES string of the molecule is O=C(Nc1nc(C(=O)NCCc2ccccn2)cs1)c1ccc(Cl)c(Cl)c1. The van der Waals surface area contributed by atoms with Crippen molar-refractivity contribution in [1.82, 2.24) is 15.3 Å². The molecule has 0 aliphatic heterocycles. The van der Waals surface area contributed by atoms with Gasteiger partial charge in [0.25, 0.3) is 11.8 Å². The Bertz CT molecular complexity index is 963. The molecule has 0 fully saturated rings. The molecule has 2 heterocycles. The molecule has 0 spiro atoms. The molecule has 0 aliphatic rings. The summed E-state index contributed by atoms with van der Waals surface area (Å²) in [5.74, 6) is -0.692. The Kier molecular flexibility index (Phi) is 6.39. The van der Waals surface area contributed by atoms with Crippen LogP contribution in [-0.2, 0) is 6.42 Å². The lowest BCUT2D eigenvalue weighted by Crippen LogP contribution is -2.26. The predicted molar refractivity (Wildman–Crippen MR) is 107 cm³/mol. The van der Waals surface area contributed by atoms with Crippen molar-refractivity contribution in [3.63, 3.8) is 0 Å². The van der Waals surface area contributed by atoms with Gasteiger partial charge in [-0.25, -0.2) is 4.98 Å². The van der Waals surface area contributed by atoms with Crippen molar-refractivity contribution in [2.75, 3.05) is 11.9 Å². The largest absolute Gasteiger partial charge is 0.350 e. The first-order valence-electron chi connectivity index (χ1n) is 7.93. The smallest absolute Gasteiger partial charge is 0.270 e. The van der Waals surface area contributed by atoms with Gasteiger partial charge in [0.1, 0.15) is 5.69 Å². The highest BCUT2D eigenvalue weighted by atomic mass is 35.5. The Hall–Kier alpha value is -2.48. The van der Waals surface area contributed by atoms with Crippen LogP contribution >= 0.6 is 34.5 Å². The summed E-state index contributed by atoms with van der Waals surface area (Å²) in [5.41, 5.74) is 1.48. The maximum absolute atomic E-state index is 12.2. The number of thiazole rings is 1. The van der Waals surface area contributed by atoms with E-state index in [2.05, 4.69) is 20.6 Å². The highest BCUT2D eigenvalue weighted by Gasteiger charge is 2.14. The second-order valence-electron chi connectivity index (χ2n) is 5.45. The van der Waals surface area contributed by atoms with Crippen LogP contribution in [0.1, 0.15) is 26.5 Å². The third-order valence-electron chi connectivity index (χ3n) is 3.53. The van der Waals surface area contributed by atoms with E-state index in [1.807, 2.05) is 18.2 Å². The lowest BCUT2D eigenvalue weighted by Gasteiger charge is -2.04. The Balaban J connectivity index is 1.54. The maximum atomic E-state index is 12.2. The number of amides is 2. The summed E-state index contributed by atoms with van der Waals surface area (Å²) in [5, 5.41) is 7.98. The van der Waals surface area contributed by atoms with Crippen LogP contribution in [0.15, 0.2) is 48.0 Å². The normalized spacial score (nSPS) is 10.4. The summed E-state index contributed by atoms with van der Waals surface area (Å²) >= 11 is 12.9. The van der Waals surface area contributed by atoms with Crippen molar-refractivity contribution in [3.05, 3.63) is 75.0 Å². The highest BCUT2D eigenvalue weighted by molar-refractivity contribution is 7.14. The van der Waals surface area contributed by atoms with Crippen LogP contribution in [0.4, 0.5) is 5.13 Å². The molecule has 3 aromatic rings. The molecule has 0 bridgehead atoms. The minimum Gasteiger partial charge on any atom is -0.350 e. The van der Waals surface area contributed by atoms with E-state index in [0.29, 0.717) is 28.7 Å². The van der Waals surface area contributed by atoms with Crippen molar-refractivity contribution >= 4 is 51.5 Å².